The fraction of sp³-hybridized carbons (Fsp3) is 0.263. The van der Waals surface area contributed by atoms with E-state index in [2.05, 4.69) is 5.32 Å². The van der Waals surface area contributed by atoms with Crippen molar-refractivity contribution in [3.63, 3.8) is 0 Å². The molecule has 2 aromatic rings. The van der Waals surface area contributed by atoms with Crippen molar-refractivity contribution in [2.75, 3.05) is 20.8 Å². The molecule has 0 unspecified atom stereocenters. The molecule has 0 aliphatic carbocycles. The van der Waals surface area contributed by atoms with E-state index in [0.29, 0.717) is 22.8 Å². The average molecular weight is 393 g/mol. The van der Waals surface area contributed by atoms with Crippen LogP contribution in [0.1, 0.15) is 15.9 Å². The molecule has 0 aliphatic rings. The number of hydrogen-bond donors (Lipinski definition) is 2. The normalized spacial score (nSPS) is 11.5. The summed E-state index contributed by atoms with van der Waals surface area (Å²) >= 11 is 5.88. The Morgan fingerprint density at radius 3 is 2.48 bits per heavy atom. The van der Waals surface area contributed by atoms with Crippen LogP contribution >= 0.6 is 11.6 Å². The number of rotatable bonds is 8. The van der Waals surface area contributed by atoms with Gasteiger partial charge in [-0.05, 0) is 36.2 Å². The van der Waals surface area contributed by atoms with Crippen molar-refractivity contribution in [3.8, 4) is 5.75 Å². The maximum Gasteiger partial charge on any atom is 0.405 e. The number of hydroxylamine groups is 2. The van der Waals surface area contributed by atoms with E-state index in [9.17, 15) is 9.59 Å². The van der Waals surface area contributed by atoms with Crippen LogP contribution in [0, 0.1) is 0 Å². The van der Waals surface area contributed by atoms with Gasteiger partial charge in [0.25, 0.3) is 5.91 Å². The van der Waals surface area contributed by atoms with Gasteiger partial charge in [0.2, 0.25) is 0 Å². The van der Waals surface area contributed by atoms with Crippen LogP contribution in [0.5, 0.6) is 5.75 Å². The summed E-state index contributed by atoms with van der Waals surface area (Å²) in [5.41, 5.74) is 1.23. The molecule has 2 aromatic carbocycles. The molecule has 0 heterocycles. The molecule has 27 heavy (non-hydrogen) atoms. The first-order valence-corrected chi connectivity index (χ1v) is 8.56. The molecule has 0 radical (unpaired) electrons. The topological polar surface area (TPSA) is 88.1 Å². The van der Waals surface area contributed by atoms with Gasteiger partial charge in [0, 0.05) is 12.1 Å². The van der Waals surface area contributed by atoms with Crippen LogP contribution in [0.15, 0.2) is 48.5 Å². The minimum absolute atomic E-state index is 0.0515. The molecule has 0 bridgehead atoms. The standard InChI is InChI=1S/C19H21ClN2O5/c1-22(26-2)18(23)16-5-3-4-6-17(16)27-12-15(21-19(24)25)11-13-7-9-14(20)10-8-13/h3-10,15,21H,11-12H2,1-2H3,(H,24,25)/t15-/m0/s1. The zero-order chi connectivity index (χ0) is 19.8. The zero-order valence-electron chi connectivity index (χ0n) is 15.0. The van der Waals surface area contributed by atoms with Crippen molar-refractivity contribution in [1.29, 1.82) is 0 Å². The zero-order valence-corrected chi connectivity index (χ0v) is 15.8. The Hall–Kier alpha value is -2.77. The number of halogens is 1. The van der Waals surface area contributed by atoms with Gasteiger partial charge in [-0.1, -0.05) is 35.9 Å². The average Bonchev–Trinajstić information content (AvgIpc) is 2.66. The first kappa shape index (κ1) is 20.5. The van der Waals surface area contributed by atoms with Gasteiger partial charge in [-0.2, -0.15) is 0 Å². The Bertz CT molecular complexity index is 782. The van der Waals surface area contributed by atoms with Crippen LogP contribution in [0.2, 0.25) is 5.02 Å². The Morgan fingerprint density at radius 1 is 1.19 bits per heavy atom. The third-order valence-corrected chi connectivity index (χ3v) is 4.09. The SMILES string of the molecule is CON(C)C(=O)c1ccccc1OC[C@H](Cc1ccc(Cl)cc1)NC(=O)O. The number of carboxylic acid groups (broad SMARTS) is 1. The number of nitrogens with one attached hydrogen (secondary N) is 1. The van der Waals surface area contributed by atoms with Gasteiger partial charge in [0.1, 0.15) is 12.4 Å². The summed E-state index contributed by atoms with van der Waals surface area (Å²) in [5, 5.41) is 13.2. The molecule has 0 saturated carbocycles. The molecule has 7 nitrogen and oxygen atoms in total. The molecule has 0 fully saturated rings. The van der Waals surface area contributed by atoms with Crippen LogP contribution in [0.4, 0.5) is 4.79 Å². The summed E-state index contributed by atoms with van der Waals surface area (Å²) in [7, 11) is 2.88. The van der Waals surface area contributed by atoms with Gasteiger partial charge in [-0.25, -0.2) is 9.86 Å². The van der Waals surface area contributed by atoms with E-state index < -0.39 is 12.1 Å². The van der Waals surface area contributed by atoms with E-state index in [-0.39, 0.29) is 12.5 Å². The molecular weight excluding hydrogens is 372 g/mol. The second-order valence-corrected chi connectivity index (χ2v) is 6.21. The second-order valence-electron chi connectivity index (χ2n) is 5.77. The van der Waals surface area contributed by atoms with E-state index in [4.69, 9.17) is 26.3 Å². The summed E-state index contributed by atoms with van der Waals surface area (Å²) in [6.45, 7) is 0.0515. The van der Waals surface area contributed by atoms with Gasteiger partial charge in [-0.15, -0.1) is 0 Å². The van der Waals surface area contributed by atoms with Crippen LogP contribution < -0.4 is 10.1 Å². The highest BCUT2D eigenvalue weighted by atomic mass is 35.5. The summed E-state index contributed by atoms with van der Waals surface area (Å²) in [6, 6.07) is 13.3. The summed E-state index contributed by atoms with van der Waals surface area (Å²) in [6.07, 6.45) is -0.738. The Labute approximate surface area is 162 Å². The van der Waals surface area contributed by atoms with E-state index >= 15 is 0 Å². The lowest BCUT2D eigenvalue weighted by Gasteiger charge is -2.20. The Morgan fingerprint density at radius 2 is 1.85 bits per heavy atom. The van der Waals surface area contributed by atoms with Gasteiger partial charge < -0.3 is 15.2 Å². The highest BCUT2D eigenvalue weighted by Gasteiger charge is 2.19. The molecule has 2 N–H and O–H groups in total. The number of carbonyl (C=O) groups excluding carboxylic acids is 1. The number of benzene rings is 2. The Balaban J connectivity index is 2.11. The predicted molar refractivity (Wildman–Crippen MR) is 101 cm³/mol. The number of amides is 2. The van der Waals surface area contributed by atoms with E-state index in [1.807, 2.05) is 12.1 Å². The quantitative estimate of drug-likeness (QED) is 0.673. The number of ether oxygens (including phenoxy) is 1. The van der Waals surface area contributed by atoms with Crippen molar-refractivity contribution in [1.82, 2.24) is 10.4 Å². The fourth-order valence-electron chi connectivity index (χ4n) is 2.44. The van der Waals surface area contributed by atoms with Crippen molar-refractivity contribution in [2.45, 2.75) is 12.5 Å². The van der Waals surface area contributed by atoms with Gasteiger partial charge in [-0.3, -0.25) is 9.63 Å². The number of hydrogen-bond acceptors (Lipinski definition) is 4. The summed E-state index contributed by atoms with van der Waals surface area (Å²) in [4.78, 5) is 28.4. The van der Waals surface area contributed by atoms with Crippen molar-refractivity contribution >= 4 is 23.6 Å². The van der Waals surface area contributed by atoms with E-state index in [1.165, 1.54) is 14.2 Å². The largest absolute Gasteiger partial charge is 0.491 e. The third-order valence-electron chi connectivity index (χ3n) is 3.84. The minimum Gasteiger partial charge on any atom is -0.491 e. The third kappa shape index (κ3) is 6.16. The van der Waals surface area contributed by atoms with Crippen LogP contribution in [0.3, 0.4) is 0 Å². The molecular formula is C19H21ClN2O5. The lowest BCUT2D eigenvalue weighted by atomic mass is 10.1. The molecule has 2 amide bonds. The number of para-hydroxylation sites is 1. The highest BCUT2D eigenvalue weighted by molar-refractivity contribution is 6.30. The summed E-state index contributed by atoms with van der Waals surface area (Å²) < 4.78 is 5.76. The van der Waals surface area contributed by atoms with Crippen LogP contribution in [0.25, 0.3) is 0 Å². The first-order valence-electron chi connectivity index (χ1n) is 8.18. The molecule has 2 rings (SSSR count). The maximum absolute atomic E-state index is 12.3. The van der Waals surface area contributed by atoms with Gasteiger partial charge >= 0.3 is 6.09 Å². The molecule has 0 aromatic heterocycles. The smallest absolute Gasteiger partial charge is 0.405 e. The minimum atomic E-state index is -1.15. The fourth-order valence-corrected chi connectivity index (χ4v) is 2.57. The van der Waals surface area contributed by atoms with Crippen LogP contribution in [-0.2, 0) is 11.3 Å². The molecule has 0 aliphatic heterocycles. The lowest BCUT2D eigenvalue weighted by Crippen LogP contribution is -2.40. The second kappa shape index (κ2) is 9.80. The van der Waals surface area contributed by atoms with Gasteiger partial charge in [0.15, 0.2) is 0 Å². The predicted octanol–water partition coefficient (Wildman–Crippen LogP) is 3.23. The monoisotopic (exact) mass is 392 g/mol. The number of carbonyl (C=O) groups is 2. The molecule has 1 atom stereocenters. The van der Waals surface area contributed by atoms with Crippen molar-refractivity contribution in [3.05, 3.63) is 64.7 Å². The first-order chi connectivity index (χ1) is 12.9. The van der Waals surface area contributed by atoms with Crippen molar-refractivity contribution in [2.24, 2.45) is 0 Å². The molecule has 0 spiro atoms. The highest BCUT2D eigenvalue weighted by Crippen LogP contribution is 2.20. The van der Waals surface area contributed by atoms with Gasteiger partial charge in [0.05, 0.1) is 18.7 Å². The maximum atomic E-state index is 12.3. The summed E-state index contributed by atoms with van der Waals surface area (Å²) in [5.74, 6) is -0.0201. The molecule has 8 heteroatoms. The number of nitrogens with zero attached hydrogens (tertiary/aromatic N) is 1. The lowest BCUT2D eigenvalue weighted by molar-refractivity contribution is -0.0758. The van der Waals surface area contributed by atoms with E-state index in [0.717, 1.165) is 10.6 Å². The van der Waals surface area contributed by atoms with Crippen LogP contribution in [-0.4, -0.2) is 49.0 Å². The van der Waals surface area contributed by atoms with E-state index in [1.54, 1.807) is 36.4 Å². The molecule has 144 valence electrons. The Kier molecular flexibility index (Phi) is 7.45. The molecule has 0 saturated heterocycles. The van der Waals surface area contributed by atoms with Crippen molar-refractivity contribution < 1.29 is 24.3 Å².